The van der Waals surface area contributed by atoms with Crippen LogP contribution in [0.3, 0.4) is 0 Å². The van der Waals surface area contributed by atoms with Gasteiger partial charge in [0.25, 0.3) is 0 Å². The summed E-state index contributed by atoms with van der Waals surface area (Å²) in [6.07, 6.45) is 3.60. The molecule has 1 heterocycles. The molecule has 1 aliphatic rings. The molecule has 27 heavy (non-hydrogen) atoms. The summed E-state index contributed by atoms with van der Waals surface area (Å²) in [5.41, 5.74) is 3.29. The third-order valence-electron chi connectivity index (χ3n) is 4.88. The molecule has 0 fully saturated rings. The van der Waals surface area contributed by atoms with Gasteiger partial charge in [-0.1, -0.05) is 44.2 Å². The van der Waals surface area contributed by atoms with Crippen molar-refractivity contribution in [3.8, 4) is 0 Å². The highest BCUT2D eigenvalue weighted by molar-refractivity contribution is 5.77. The minimum Gasteiger partial charge on any atom is -0.375 e. The molecule has 6 nitrogen and oxygen atoms in total. The summed E-state index contributed by atoms with van der Waals surface area (Å²) in [5.74, 6) is 0.591. The van der Waals surface area contributed by atoms with Gasteiger partial charge in [-0.05, 0) is 23.8 Å². The number of carbonyl (C=O) groups is 1. The van der Waals surface area contributed by atoms with Gasteiger partial charge in [0.2, 0.25) is 11.9 Å². The first kappa shape index (κ1) is 19.3. The van der Waals surface area contributed by atoms with Crippen LogP contribution in [0.25, 0.3) is 0 Å². The summed E-state index contributed by atoms with van der Waals surface area (Å²) in [7, 11) is 3.52. The van der Waals surface area contributed by atoms with E-state index in [9.17, 15) is 4.79 Å². The molecule has 1 atom stereocenters. The number of nitrogens with one attached hydrogen (secondary N) is 1. The lowest BCUT2D eigenvalue weighted by Crippen LogP contribution is -2.38. The molecule has 6 heteroatoms. The lowest BCUT2D eigenvalue weighted by molar-refractivity contribution is -0.125. The number of benzene rings is 1. The van der Waals surface area contributed by atoms with Crippen LogP contribution in [0.2, 0.25) is 0 Å². The normalized spacial score (nSPS) is 17.9. The van der Waals surface area contributed by atoms with Gasteiger partial charge >= 0.3 is 0 Å². The van der Waals surface area contributed by atoms with Crippen LogP contribution in [0.15, 0.2) is 36.5 Å². The molecule has 1 amide bonds. The number of anilines is 1. The summed E-state index contributed by atoms with van der Waals surface area (Å²) in [6, 6.07) is 10.2. The van der Waals surface area contributed by atoms with Crippen LogP contribution in [-0.2, 0) is 22.5 Å². The number of aromatic nitrogens is 2. The van der Waals surface area contributed by atoms with E-state index in [0.29, 0.717) is 5.95 Å². The number of rotatable bonds is 6. The van der Waals surface area contributed by atoms with Crippen molar-refractivity contribution in [3.05, 3.63) is 53.3 Å². The highest BCUT2D eigenvalue weighted by Gasteiger charge is 2.34. The van der Waals surface area contributed by atoms with E-state index in [2.05, 4.69) is 41.2 Å². The lowest BCUT2D eigenvalue weighted by Gasteiger charge is -2.36. The molecule has 1 aromatic carbocycles. The van der Waals surface area contributed by atoms with Gasteiger partial charge < -0.3 is 15.0 Å². The maximum absolute atomic E-state index is 12.0. The van der Waals surface area contributed by atoms with Gasteiger partial charge in [0.05, 0.1) is 11.7 Å². The fourth-order valence-corrected chi connectivity index (χ4v) is 3.64. The number of fused-ring (bicyclic) bond motifs is 1. The van der Waals surface area contributed by atoms with Crippen molar-refractivity contribution in [1.82, 2.24) is 15.3 Å². The van der Waals surface area contributed by atoms with Gasteiger partial charge in [-0.3, -0.25) is 4.79 Å². The van der Waals surface area contributed by atoms with E-state index in [1.165, 1.54) is 12.7 Å². The summed E-state index contributed by atoms with van der Waals surface area (Å²) in [4.78, 5) is 23.5. The number of nitrogens with zero attached hydrogens (tertiary/aromatic N) is 3. The van der Waals surface area contributed by atoms with Gasteiger partial charge in [-0.25, -0.2) is 9.97 Å². The average molecular weight is 368 g/mol. The molecule has 144 valence electrons. The maximum Gasteiger partial charge on any atom is 0.246 e. The first-order valence-electron chi connectivity index (χ1n) is 9.27. The van der Waals surface area contributed by atoms with E-state index in [4.69, 9.17) is 9.72 Å². The van der Waals surface area contributed by atoms with E-state index >= 15 is 0 Å². The summed E-state index contributed by atoms with van der Waals surface area (Å²) < 4.78 is 4.94. The Morgan fingerprint density at radius 1 is 1.33 bits per heavy atom. The number of hydrogen-bond acceptors (Lipinski definition) is 5. The summed E-state index contributed by atoms with van der Waals surface area (Å²) in [5, 5.41) is 3.06. The first-order valence-corrected chi connectivity index (χ1v) is 9.27. The van der Waals surface area contributed by atoms with Crippen molar-refractivity contribution in [2.24, 2.45) is 5.41 Å². The summed E-state index contributed by atoms with van der Waals surface area (Å²) >= 11 is 0. The van der Waals surface area contributed by atoms with E-state index in [1.807, 2.05) is 31.4 Å². The molecule has 0 aliphatic heterocycles. The van der Waals surface area contributed by atoms with Crippen LogP contribution in [-0.4, -0.2) is 36.6 Å². The summed E-state index contributed by atoms with van der Waals surface area (Å²) in [6.45, 7) is 5.23. The molecule has 2 aromatic rings. The standard InChI is InChI=1S/C21H28N4O2/c1-21(2)10-17(23-19(26)14-27-4)16-12-22-20(24-18(16)11-21)25(3)13-15-8-6-5-7-9-15/h5-9,12,17H,10-11,13-14H2,1-4H3,(H,23,26). The van der Waals surface area contributed by atoms with Crippen molar-refractivity contribution in [2.45, 2.75) is 39.3 Å². The number of carbonyl (C=O) groups excluding carboxylic acids is 1. The molecule has 3 rings (SSSR count). The number of hydrogen-bond donors (Lipinski definition) is 1. The van der Waals surface area contributed by atoms with Gasteiger partial charge in [0, 0.05) is 32.5 Å². The number of amides is 1. The molecular formula is C21H28N4O2. The highest BCUT2D eigenvalue weighted by Crippen LogP contribution is 2.40. The largest absolute Gasteiger partial charge is 0.375 e. The Balaban J connectivity index is 1.82. The van der Waals surface area contributed by atoms with Crippen molar-refractivity contribution >= 4 is 11.9 Å². The zero-order valence-corrected chi connectivity index (χ0v) is 16.5. The molecule has 1 aliphatic carbocycles. The Morgan fingerprint density at radius 2 is 2.07 bits per heavy atom. The van der Waals surface area contributed by atoms with Crippen molar-refractivity contribution in [2.75, 3.05) is 25.7 Å². The monoisotopic (exact) mass is 368 g/mol. The molecule has 1 aromatic heterocycles. The number of ether oxygens (including phenoxy) is 1. The smallest absolute Gasteiger partial charge is 0.246 e. The molecule has 0 radical (unpaired) electrons. The molecule has 0 saturated carbocycles. The van der Waals surface area contributed by atoms with E-state index < -0.39 is 0 Å². The van der Waals surface area contributed by atoms with E-state index in [0.717, 1.165) is 30.6 Å². The second-order valence-corrected chi connectivity index (χ2v) is 8.01. The van der Waals surface area contributed by atoms with Crippen LogP contribution in [0.5, 0.6) is 0 Å². The maximum atomic E-state index is 12.0. The Labute approximate surface area is 161 Å². The van der Waals surface area contributed by atoms with E-state index in [-0.39, 0.29) is 24.0 Å². The van der Waals surface area contributed by atoms with E-state index in [1.54, 1.807) is 0 Å². The van der Waals surface area contributed by atoms with Crippen molar-refractivity contribution in [1.29, 1.82) is 0 Å². The third kappa shape index (κ3) is 4.83. The molecule has 0 spiro atoms. The SMILES string of the molecule is COCC(=O)NC1CC(C)(C)Cc2nc(N(C)Cc3ccccc3)ncc21. The Hall–Kier alpha value is -2.47. The minimum atomic E-state index is -0.114. The molecular weight excluding hydrogens is 340 g/mol. The second kappa shape index (κ2) is 8.05. The third-order valence-corrected chi connectivity index (χ3v) is 4.88. The predicted octanol–water partition coefficient (Wildman–Crippen LogP) is 2.89. The Bertz CT molecular complexity index is 792. The van der Waals surface area contributed by atoms with Crippen LogP contribution < -0.4 is 10.2 Å². The fourth-order valence-electron chi connectivity index (χ4n) is 3.64. The van der Waals surface area contributed by atoms with Crippen molar-refractivity contribution < 1.29 is 9.53 Å². The average Bonchev–Trinajstić information content (AvgIpc) is 2.61. The quantitative estimate of drug-likeness (QED) is 0.849. The van der Waals surface area contributed by atoms with Crippen LogP contribution in [0, 0.1) is 5.41 Å². The van der Waals surface area contributed by atoms with Gasteiger partial charge in [-0.15, -0.1) is 0 Å². The van der Waals surface area contributed by atoms with Gasteiger partial charge in [-0.2, -0.15) is 0 Å². The number of methoxy groups -OCH3 is 1. The molecule has 0 saturated heterocycles. The zero-order valence-electron chi connectivity index (χ0n) is 16.5. The minimum absolute atomic E-state index is 0.0572. The van der Waals surface area contributed by atoms with Crippen LogP contribution in [0.1, 0.15) is 43.1 Å². The molecule has 0 bridgehead atoms. The lowest BCUT2D eigenvalue weighted by atomic mass is 9.74. The highest BCUT2D eigenvalue weighted by atomic mass is 16.5. The van der Waals surface area contributed by atoms with Gasteiger partial charge in [0.15, 0.2) is 0 Å². The predicted molar refractivity (Wildman–Crippen MR) is 105 cm³/mol. The molecule has 1 unspecified atom stereocenters. The Kier molecular flexibility index (Phi) is 5.75. The first-order chi connectivity index (χ1) is 12.9. The molecule has 1 N–H and O–H groups in total. The topological polar surface area (TPSA) is 67.3 Å². The van der Waals surface area contributed by atoms with Crippen molar-refractivity contribution in [3.63, 3.8) is 0 Å². The van der Waals surface area contributed by atoms with Crippen LogP contribution >= 0.6 is 0 Å². The zero-order chi connectivity index (χ0) is 19.4. The Morgan fingerprint density at radius 3 is 2.78 bits per heavy atom. The second-order valence-electron chi connectivity index (χ2n) is 8.01. The van der Waals surface area contributed by atoms with Gasteiger partial charge in [0.1, 0.15) is 6.61 Å². The van der Waals surface area contributed by atoms with Crippen LogP contribution in [0.4, 0.5) is 5.95 Å². The fraction of sp³-hybridized carbons (Fsp3) is 0.476.